The van der Waals surface area contributed by atoms with Gasteiger partial charge in [0.15, 0.2) is 0 Å². The van der Waals surface area contributed by atoms with Crippen LogP contribution in [0, 0.1) is 0 Å². The average Bonchev–Trinajstić information content (AvgIpc) is 3.54. The molecule has 0 saturated heterocycles. The molecule has 10 rings (SSSR count). The number of aromatic nitrogens is 1. The van der Waals surface area contributed by atoms with Crippen molar-refractivity contribution >= 4 is 76.9 Å². The number of benzene rings is 8. The number of nitrogens with two attached hydrogens (primary N) is 1. The van der Waals surface area contributed by atoms with Crippen LogP contribution in [0.1, 0.15) is 11.1 Å². The Labute approximate surface area is 282 Å². The topological polar surface area (TPSA) is 52.0 Å². The number of allylic oxidation sites excluding steroid dienone is 1. The second-order valence-corrected chi connectivity index (χ2v) is 12.9. The molecule has 0 atom stereocenters. The summed E-state index contributed by atoms with van der Waals surface area (Å²) in [5.74, 6) is 0. The van der Waals surface area contributed by atoms with Crippen molar-refractivity contribution in [2.24, 2.45) is 0 Å². The minimum Gasteiger partial charge on any atom is -0.455 e. The fraction of sp³-hybridized carbons (Fsp3) is 0.0217. The lowest BCUT2D eigenvalue weighted by Gasteiger charge is -2.16. The summed E-state index contributed by atoms with van der Waals surface area (Å²) in [7, 11) is 0. The molecular weight excluding hydrogens is 597 g/mol. The van der Waals surface area contributed by atoms with Crippen LogP contribution in [0.3, 0.4) is 0 Å². The van der Waals surface area contributed by atoms with Gasteiger partial charge in [0, 0.05) is 27.3 Å². The van der Waals surface area contributed by atoms with E-state index in [-0.39, 0.29) is 0 Å². The van der Waals surface area contributed by atoms with E-state index in [1.165, 1.54) is 43.4 Å². The van der Waals surface area contributed by atoms with Gasteiger partial charge in [0.1, 0.15) is 11.2 Å². The van der Waals surface area contributed by atoms with Crippen molar-refractivity contribution in [2.45, 2.75) is 6.42 Å². The zero-order valence-electron chi connectivity index (χ0n) is 26.7. The zero-order chi connectivity index (χ0) is 32.5. The summed E-state index contributed by atoms with van der Waals surface area (Å²) in [6, 6.07) is 51.6. The van der Waals surface area contributed by atoms with Gasteiger partial charge in [-0.3, -0.25) is 0 Å². The van der Waals surface area contributed by atoms with E-state index >= 15 is 0 Å². The summed E-state index contributed by atoms with van der Waals surface area (Å²) in [6.45, 7) is 0. The summed E-state index contributed by atoms with van der Waals surface area (Å²) < 4.78 is 6.48. The molecule has 2 N–H and O–H groups in total. The maximum atomic E-state index is 6.79. The number of rotatable bonds is 5. The second kappa shape index (κ2) is 10.8. The lowest BCUT2D eigenvalue weighted by atomic mass is 9.87. The van der Waals surface area contributed by atoms with E-state index in [2.05, 4.69) is 140 Å². The molecule has 230 valence electrons. The molecule has 0 bridgehead atoms. The molecule has 0 unspecified atom stereocenters. The third-order valence-corrected chi connectivity index (χ3v) is 10.1. The van der Waals surface area contributed by atoms with Crippen LogP contribution in [0.15, 0.2) is 156 Å². The molecule has 2 aromatic heterocycles. The highest BCUT2D eigenvalue weighted by Crippen LogP contribution is 2.44. The van der Waals surface area contributed by atoms with Crippen molar-refractivity contribution in [3.05, 3.63) is 163 Å². The molecule has 3 heteroatoms. The number of hydrogen-bond acceptors (Lipinski definition) is 3. The van der Waals surface area contributed by atoms with Crippen molar-refractivity contribution in [1.29, 1.82) is 0 Å². The Hall–Kier alpha value is -6.45. The molecule has 0 radical (unpaired) electrons. The van der Waals surface area contributed by atoms with E-state index in [9.17, 15) is 0 Å². The SMILES string of the molecule is Nc1c(/C=C\Cc2ccccc2)ccc2ccc(-c3ccc4ccc5c(-c6cccc7c6oc6ccccc67)ccc6ccc3c4c65)nc12. The molecule has 10 aromatic rings. The van der Waals surface area contributed by atoms with Crippen molar-refractivity contribution in [2.75, 3.05) is 5.73 Å². The summed E-state index contributed by atoms with van der Waals surface area (Å²) in [6.07, 6.45) is 5.12. The van der Waals surface area contributed by atoms with Crippen molar-refractivity contribution in [3.63, 3.8) is 0 Å². The highest BCUT2D eigenvalue weighted by atomic mass is 16.3. The number of nitrogen functional groups attached to an aromatic ring is 1. The predicted octanol–water partition coefficient (Wildman–Crippen LogP) is 12.2. The first-order valence-corrected chi connectivity index (χ1v) is 16.7. The maximum Gasteiger partial charge on any atom is 0.143 e. The number of furan rings is 1. The summed E-state index contributed by atoms with van der Waals surface area (Å²) >= 11 is 0. The number of fused-ring (bicyclic) bond motifs is 4. The quantitative estimate of drug-likeness (QED) is 0.153. The van der Waals surface area contributed by atoms with E-state index in [1.54, 1.807) is 0 Å². The Morgan fingerprint density at radius 1 is 0.531 bits per heavy atom. The van der Waals surface area contributed by atoms with Crippen molar-refractivity contribution in [1.82, 2.24) is 4.98 Å². The average molecular weight is 627 g/mol. The number of para-hydroxylation sites is 2. The largest absolute Gasteiger partial charge is 0.455 e. The number of anilines is 1. The van der Waals surface area contributed by atoms with Gasteiger partial charge in [-0.25, -0.2) is 4.98 Å². The molecule has 0 spiro atoms. The Morgan fingerprint density at radius 3 is 2.04 bits per heavy atom. The molecular formula is C46H30N2O. The van der Waals surface area contributed by atoms with Gasteiger partial charge in [0.05, 0.1) is 16.9 Å². The van der Waals surface area contributed by atoms with E-state index in [0.717, 1.165) is 61.6 Å². The molecule has 0 fully saturated rings. The minimum atomic E-state index is 0.700. The maximum absolute atomic E-state index is 6.79. The van der Waals surface area contributed by atoms with Gasteiger partial charge in [0.2, 0.25) is 0 Å². The molecule has 0 saturated carbocycles. The highest BCUT2D eigenvalue weighted by Gasteiger charge is 2.18. The zero-order valence-corrected chi connectivity index (χ0v) is 26.7. The Kier molecular flexibility index (Phi) is 6.09. The smallest absolute Gasteiger partial charge is 0.143 e. The van der Waals surface area contributed by atoms with E-state index in [0.29, 0.717) is 5.69 Å². The normalized spacial score (nSPS) is 12.2. The Bertz CT molecular complexity index is 2920. The van der Waals surface area contributed by atoms with Gasteiger partial charge >= 0.3 is 0 Å². The van der Waals surface area contributed by atoms with Gasteiger partial charge in [-0.2, -0.15) is 0 Å². The van der Waals surface area contributed by atoms with Crippen LogP contribution >= 0.6 is 0 Å². The van der Waals surface area contributed by atoms with Gasteiger partial charge in [-0.1, -0.05) is 146 Å². The van der Waals surface area contributed by atoms with Crippen molar-refractivity contribution < 1.29 is 4.42 Å². The van der Waals surface area contributed by atoms with Gasteiger partial charge in [-0.05, 0) is 67.6 Å². The van der Waals surface area contributed by atoms with Gasteiger partial charge < -0.3 is 10.2 Å². The molecule has 0 amide bonds. The van der Waals surface area contributed by atoms with Crippen LogP contribution in [-0.4, -0.2) is 4.98 Å². The van der Waals surface area contributed by atoms with Crippen LogP contribution in [0.2, 0.25) is 0 Å². The van der Waals surface area contributed by atoms with Crippen LogP contribution in [0.25, 0.3) is 93.6 Å². The highest BCUT2D eigenvalue weighted by molar-refractivity contribution is 6.28. The molecule has 0 aliphatic rings. The van der Waals surface area contributed by atoms with Crippen LogP contribution in [0.5, 0.6) is 0 Å². The minimum absolute atomic E-state index is 0.700. The van der Waals surface area contributed by atoms with Crippen LogP contribution in [0.4, 0.5) is 5.69 Å². The lowest BCUT2D eigenvalue weighted by Crippen LogP contribution is -1.96. The predicted molar refractivity (Wildman–Crippen MR) is 207 cm³/mol. The molecule has 3 nitrogen and oxygen atoms in total. The first-order valence-electron chi connectivity index (χ1n) is 16.7. The fourth-order valence-corrected chi connectivity index (χ4v) is 7.68. The third kappa shape index (κ3) is 4.33. The molecule has 0 aliphatic carbocycles. The fourth-order valence-electron chi connectivity index (χ4n) is 7.68. The molecule has 2 heterocycles. The lowest BCUT2D eigenvalue weighted by molar-refractivity contribution is 0.670. The number of pyridine rings is 1. The van der Waals surface area contributed by atoms with Crippen LogP contribution in [-0.2, 0) is 6.42 Å². The van der Waals surface area contributed by atoms with Crippen molar-refractivity contribution in [3.8, 4) is 22.4 Å². The van der Waals surface area contributed by atoms with Gasteiger partial charge in [-0.15, -0.1) is 0 Å². The molecule has 8 aromatic carbocycles. The second-order valence-electron chi connectivity index (χ2n) is 12.9. The first kappa shape index (κ1) is 27.6. The first-order chi connectivity index (χ1) is 24.2. The Morgan fingerprint density at radius 2 is 1.20 bits per heavy atom. The van der Waals surface area contributed by atoms with E-state index in [4.69, 9.17) is 15.1 Å². The van der Waals surface area contributed by atoms with Gasteiger partial charge in [0.25, 0.3) is 0 Å². The van der Waals surface area contributed by atoms with Crippen LogP contribution < -0.4 is 5.73 Å². The Balaban J connectivity index is 1.13. The summed E-state index contributed by atoms with van der Waals surface area (Å²) in [5, 5.41) is 10.6. The third-order valence-electron chi connectivity index (χ3n) is 10.1. The van der Waals surface area contributed by atoms with E-state index in [1.807, 2.05) is 18.2 Å². The number of nitrogens with zero attached hydrogens (tertiary/aromatic N) is 1. The number of hydrogen-bond donors (Lipinski definition) is 1. The molecule has 49 heavy (non-hydrogen) atoms. The monoisotopic (exact) mass is 626 g/mol. The standard InChI is InChI=1S/C46H30N2O/c47-44-31(11-6-10-28-8-2-1-3-9-28)16-17-32-22-27-40(48-45(32)44)34-24-19-30-20-25-36-33(23-18-29-21-26-37(34)43(30)42(29)36)38-13-7-14-39-35-12-4-5-15-41(35)49-46(38)39/h1-9,11-27H,10,47H2/b11-6-. The summed E-state index contributed by atoms with van der Waals surface area (Å²) in [5.41, 5.74) is 16.7. The van der Waals surface area contributed by atoms with E-state index < -0.39 is 0 Å². The summed E-state index contributed by atoms with van der Waals surface area (Å²) in [4.78, 5) is 5.20. The molecule has 0 aliphatic heterocycles.